The van der Waals surface area contributed by atoms with E-state index in [1.807, 2.05) is 6.92 Å². The Morgan fingerprint density at radius 1 is 1.33 bits per heavy atom. The van der Waals surface area contributed by atoms with Crippen LogP contribution < -0.4 is 5.32 Å². The zero-order valence-corrected chi connectivity index (χ0v) is 13.0. The number of carboxylic acids is 1. The van der Waals surface area contributed by atoms with Crippen LogP contribution in [-0.2, 0) is 14.6 Å². The molecule has 2 aliphatic heterocycles. The van der Waals surface area contributed by atoms with Gasteiger partial charge in [-0.15, -0.1) is 0 Å². The van der Waals surface area contributed by atoms with E-state index >= 15 is 0 Å². The number of carbonyl (C=O) groups is 2. The number of nitrogens with zero attached hydrogens (tertiary/aromatic N) is 1. The fraction of sp³-hybridized carbons (Fsp3) is 0.846. The largest absolute Gasteiger partial charge is 0.481 e. The van der Waals surface area contributed by atoms with E-state index in [1.165, 1.54) is 4.90 Å². The first-order valence-electron chi connectivity index (χ1n) is 7.27. The average molecular weight is 318 g/mol. The van der Waals surface area contributed by atoms with Crippen LogP contribution in [-0.4, -0.2) is 61.1 Å². The predicted octanol–water partition coefficient (Wildman–Crippen LogP) is 0.460. The van der Waals surface area contributed by atoms with Crippen LogP contribution in [0.1, 0.15) is 32.6 Å². The molecule has 2 fully saturated rings. The Balaban J connectivity index is 1.89. The van der Waals surface area contributed by atoms with E-state index in [4.69, 9.17) is 0 Å². The van der Waals surface area contributed by atoms with Crippen molar-refractivity contribution in [2.75, 3.05) is 24.6 Å². The van der Waals surface area contributed by atoms with Gasteiger partial charge in [0.25, 0.3) is 0 Å². The van der Waals surface area contributed by atoms with Crippen molar-refractivity contribution in [3.8, 4) is 0 Å². The summed E-state index contributed by atoms with van der Waals surface area (Å²) < 4.78 is 22.7. The third-order valence-corrected chi connectivity index (χ3v) is 6.37. The van der Waals surface area contributed by atoms with E-state index in [2.05, 4.69) is 5.32 Å². The molecule has 120 valence electrons. The van der Waals surface area contributed by atoms with Crippen molar-refractivity contribution in [3.05, 3.63) is 0 Å². The number of aliphatic carboxylic acids is 1. The first-order valence-corrected chi connectivity index (χ1v) is 9.09. The molecule has 0 aromatic rings. The Morgan fingerprint density at radius 2 is 1.95 bits per heavy atom. The van der Waals surface area contributed by atoms with Gasteiger partial charge in [0.15, 0.2) is 0 Å². The molecular formula is C13H22N2O5S. The minimum absolute atomic E-state index is 0.103. The maximum atomic E-state index is 12.2. The first-order chi connectivity index (χ1) is 9.78. The van der Waals surface area contributed by atoms with Gasteiger partial charge in [-0.3, -0.25) is 4.79 Å². The van der Waals surface area contributed by atoms with Gasteiger partial charge in [-0.1, -0.05) is 6.92 Å². The van der Waals surface area contributed by atoms with E-state index in [9.17, 15) is 23.1 Å². The summed E-state index contributed by atoms with van der Waals surface area (Å²) >= 11 is 0. The van der Waals surface area contributed by atoms with Gasteiger partial charge in [0.05, 0.1) is 16.9 Å². The normalized spacial score (nSPS) is 29.3. The fourth-order valence-electron chi connectivity index (χ4n) is 2.96. The molecule has 0 saturated carbocycles. The summed E-state index contributed by atoms with van der Waals surface area (Å²) in [7, 11) is -2.95. The maximum absolute atomic E-state index is 12.2. The summed E-state index contributed by atoms with van der Waals surface area (Å²) in [5, 5.41) is 12.1. The molecule has 1 atom stereocenters. The summed E-state index contributed by atoms with van der Waals surface area (Å²) in [6.45, 7) is 2.47. The molecule has 2 amide bonds. The third kappa shape index (κ3) is 3.48. The lowest BCUT2D eigenvalue weighted by molar-refractivity contribution is -0.148. The highest BCUT2D eigenvalue weighted by Crippen LogP contribution is 2.34. The molecule has 0 aromatic carbocycles. The zero-order valence-electron chi connectivity index (χ0n) is 12.2. The topological polar surface area (TPSA) is 104 Å². The monoisotopic (exact) mass is 318 g/mol. The Hall–Kier alpha value is -1.31. The lowest BCUT2D eigenvalue weighted by atomic mass is 9.84. The summed E-state index contributed by atoms with van der Waals surface area (Å²) in [5.74, 6) is -0.651. The summed E-state index contributed by atoms with van der Waals surface area (Å²) in [6.07, 6.45) is 1.82. The Kier molecular flexibility index (Phi) is 4.46. The molecule has 0 spiro atoms. The lowest BCUT2D eigenvalue weighted by Crippen LogP contribution is -2.47. The first kappa shape index (κ1) is 16.1. The molecule has 7 nitrogen and oxygen atoms in total. The lowest BCUT2D eigenvalue weighted by Gasteiger charge is -2.27. The Morgan fingerprint density at radius 3 is 2.43 bits per heavy atom. The molecule has 2 rings (SSSR count). The fourth-order valence-corrected chi connectivity index (χ4v) is 4.45. The molecule has 2 heterocycles. The molecule has 2 saturated heterocycles. The number of sulfone groups is 1. The van der Waals surface area contributed by atoms with Crippen molar-refractivity contribution in [2.24, 2.45) is 5.41 Å². The van der Waals surface area contributed by atoms with Gasteiger partial charge in [0, 0.05) is 19.1 Å². The van der Waals surface area contributed by atoms with Crippen molar-refractivity contribution in [2.45, 2.75) is 38.6 Å². The van der Waals surface area contributed by atoms with E-state index in [0.717, 1.165) is 0 Å². The number of amides is 2. The minimum Gasteiger partial charge on any atom is -0.481 e. The molecule has 2 N–H and O–H groups in total. The van der Waals surface area contributed by atoms with Gasteiger partial charge >= 0.3 is 12.0 Å². The number of hydrogen-bond donors (Lipinski definition) is 2. The van der Waals surface area contributed by atoms with Crippen molar-refractivity contribution in [1.29, 1.82) is 0 Å². The third-order valence-electron chi connectivity index (χ3n) is 4.65. The SMILES string of the molecule is CCC1(C(=O)O)CCN(C(=O)NC2CCS(=O)(=O)CC2)C1. The van der Waals surface area contributed by atoms with Crippen molar-refractivity contribution >= 4 is 21.8 Å². The molecule has 8 heteroatoms. The van der Waals surface area contributed by atoms with Gasteiger partial charge in [-0.05, 0) is 25.7 Å². The highest BCUT2D eigenvalue weighted by atomic mass is 32.2. The van der Waals surface area contributed by atoms with E-state index in [1.54, 1.807) is 0 Å². The smallest absolute Gasteiger partial charge is 0.317 e. The molecule has 1 unspecified atom stereocenters. The van der Waals surface area contributed by atoms with Crippen LogP contribution >= 0.6 is 0 Å². The Labute approximate surface area is 124 Å². The zero-order chi connectivity index (χ0) is 15.7. The van der Waals surface area contributed by atoms with Gasteiger partial charge in [-0.25, -0.2) is 13.2 Å². The van der Waals surface area contributed by atoms with E-state index < -0.39 is 21.2 Å². The number of likely N-dealkylation sites (tertiary alicyclic amines) is 1. The highest BCUT2D eigenvalue weighted by Gasteiger charge is 2.45. The van der Waals surface area contributed by atoms with Crippen LogP contribution in [0.5, 0.6) is 0 Å². The Bertz CT molecular complexity index is 519. The van der Waals surface area contributed by atoms with Crippen LogP contribution in [0.25, 0.3) is 0 Å². The van der Waals surface area contributed by atoms with Crippen molar-refractivity contribution in [1.82, 2.24) is 10.2 Å². The second kappa shape index (κ2) is 5.82. The predicted molar refractivity (Wildman–Crippen MR) is 76.8 cm³/mol. The number of carbonyl (C=O) groups excluding carboxylic acids is 1. The van der Waals surface area contributed by atoms with Gasteiger partial charge in [0.1, 0.15) is 9.84 Å². The number of urea groups is 1. The second-order valence-electron chi connectivity index (χ2n) is 5.99. The van der Waals surface area contributed by atoms with Crippen LogP contribution in [0.15, 0.2) is 0 Å². The van der Waals surface area contributed by atoms with Gasteiger partial charge < -0.3 is 15.3 Å². The molecule has 0 bridgehead atoms. The highest BCUT2D eigenvalue weighted by molar-refractivity contribution is 7.91. The van der Waals surface area contributed by atoms with Gasteiger partial charge in [0.2, 0.25) is 0 Å². The number of carboxylic acid groups (broad SMARTS) is 1. The summed E-state index contributed by atoms with van der Waals surface area (Å²) in [5.41, 5.74) is -0.840. The number of hydrogen-bond acceptors (Lipinski definition) is 4. The summed E-state index contributed by atoms with van der Waals surface area (Å²) in [6, 6.07) is -0.418. The molecule has 2 aliphatic rings. The quantitative estimate of drug-likeness (QED) is 0.787. The van der Waals surface area contributed by atoms with Crippen LogP contribution in [0.3, 0.4) is 0 Å². The average Bonchev–Trinajstić information content (AvgIpc) is 2.87. The van der Waals surface area contributed by atoms with Crippen LogP contribution in [0.4, 0.5) is 4.79 Å². The number of nitrogens with one attached hydrogen (secondary N) is 1. The molecule has 0 aliphatic carbocycles. The second-order valence-corrected chi connectivity index (χ2v) is 8.29. The van der Waals surface area contributed by atoms with Crippen LogP contribution in [0.2, 0.25) is 0 Å². The molecule has 0 aromatic heterocycles. The molecule has 21 heavy (non-hydrogen) atoms. The van der Waals surface area contributed by atoms with Crippen molar-refractivity contribution < 1.29 is 23.1 Å². The minimum atomic E-state index is -2.95. The molecule has 0 radical (unpaired) electrons. The molecular weight excluding hydrogens is 296 g/mol. The van der Waals surface area contributed by atoms with E-state index in [0.29, 0.717) is 32.2 Å². The van der Waals surface area contributed by atoms with Gasteiger partial charge in [-0.2, -0.15) is 0 Å². The maximum Gasteiger partial charge on any atom is 0.317 e. The van der Waals surface area contributed by atoms with Crippen LogP contribution in [0, 0.1) is 5.41 Å². The number of rotatable bonds is 3. The van der Waals surface area contributed by atoms with E-state index in [-0.39, 0.29) is 30.1 Å². The summed E-state index contributed by atoms with van der Waals surface area (Å²) in [4.78, 5) is 25.1. The standard InChI is InChI=1S/C13H22N2O5S/c1-2-13(11(16)17)5-6-15(9-13)12(18)14-10-3-7-21(19,20)8-4-10/h10H,2-9H2,1H3,(H,14,18)(H,16,17). The van der Waals surface area contributed by atoms with Crippen molar-refractivity contribution in [3.63, 3.8) is 0 Å².